The van der Waals surface area contributed by atoms with Crippen molar-refractivity contribution in [2.24, 2.45) is 11.8 Å². The lowest BCUT2D eigenvalue weighted by Crippen LogP contribution is -2.33. The van der Waals surface area contributed by atoms with Gasteiger partial charge in [0.1, 0.15) is 5.82 Å². The molecular weight excluding hydrogens is 256 g/mol. The van der Waals surface area contributed by atoms with Gasteiger partial charge >= 0.3 is 0 Å². The van der Waals surface area contributed by atoms with Crippen molar-refractivity contribution in [3.8, 4) is 0 Å². The highest BCUT2D eigenvalue weighted by molar-refractivity contribution is 9.10. The van der Waals surface area contributed by atoms with Gasteiger partial charge in [0.25, 0.3) is 0 Å². The molecule has 1 saturated carbocycles. The number of carbonyl (C=O) groups excluding carboxylic acids is 1. The van der Waals surface area contributed by atoms with E-state index in [4.69, 9.17) is 0 Å². The van der Waals surface area contributed by atoms with Gasteiger partial charge in [-0.3, -0.25) is 4.79 Å². The Kier molecular flexibility index (Phi) is 3.05. The van der Waals surface area contributed by atoms with Crippen molar-refractivity contribution >= 4 is 27.7 Å². The standard InChI is InChI=1S/C11H13BrN2O/c1-7-4-8(5-7)11(15)14-10-6-9(12)2-3-13-10/h2-3,6-8H,4-5H2,1H3,(H,13,14,15). The Morgan fingerprint density at radius 3 is 2.93 bits per heavy atom. The van der Waals surface area contributed by atoms with Crippen LogP contribution in [0.2, 0.25) is 0 Å². The van der Waals surface area contributed by atoms with E-state index in [0.717, 1.165) is 17.3 Å². The zero-order valence-corrected chi connectivity index (χ0v) is 10.1. The summed E-state index contributed by atoms with van der Waals surface area (Å²) in [5, 5.41) is 2.83. The predicted molar refractivity (Wildman–Crippen MR) is 62.5 cm³/mol. The van der Waals surface area contributed by atoms with Gasteiger partial charge in [0.15, 0.2) is 0 Å². The summed E-state index contributed by atoms with van der Waals surface area (Å²) in [5.74, 6) is 1.59. The number of aromatic nitrogens is 1. The summed E-state index contributed by atoms with van der Waals surface area (Å²) >= 11 is 3.34. The Balaban J connectivity index is 1.94. The highest BCUT2D eigenvalue weighted by Gasteiger charge is 2.31. The Hall–Kier alpha value is -0.900. The second-order valence-electron chi connectivity index (χ2n) is 4.12. The van der Waals surface area contributed by atoms with Crippen LogP contribution in [0.5, 0.6) is 0 Å². The normalized spacial score (nSPS) is 24.4. The van der Waals surface area contributed by atoms with Crippen molar-refractivity contribution in [1.29, 1.82) is 0 Å². The molecule has 0 unspecified atom stereocenters. The first-order valence-corrected chi connectivity index (χ1v) is 5.87. The molecule has 2 rings (SSSR count). The first-order valence-electron chi connectivity index (χ1n) is 5.07. The average molecular weight is 269 g/mol. The Morgan fingerprint density at radius 1 is 1.60 bits per heavy atom. The van der Waals surface area contributed by atoms with E-state index in [-0.39, 0.29) is 11.8 Å². The van der Waals surface area contributed by atoms with Crippen LogP contribution < -0.4 is 5.32 Å². The molecule has 1 amide bonds. The number of halogens is 1. The van der Waals surface area contributed by atoms with E-state index < -0.39 is 0 Å². The molecule has 1 N–H and O–H groups in total. The summed E-state index contributed by atoms with van der Waals surface area (Å²) in [5.41, 5.74) is 0. The zero-order chi connectivity index (χ0) is 10.8. The van der Waals surface area contributed by atoms with Crippen LogP contribution in [0.4, 0.5) is 5.82 Å². The molecule has 1 aromatic heterocycles. The number of hydrogen-bond donors (Lipinski definition) is 1. The van der Waals surface area contributed by atoms with Gasteiger partial charge in [-0.05, 0) is 30.9 Å². The van der Waals surface area contributed by atoms with Crippen molar-refractivity contribution in [3.63, 3.8) is 0 Å². The van der Waals surface area contributed by atoms with Crippen LogP contribution in [0.15, 0.2) is 22.8 Å². The summed E-state index contributed by atoms with van der Waals surface area (Å²) in [6.07, 6.45) is 3.67. The number of rotatable bonds is 2. The van der Waals surface area contributed by atoms with Gasteiger partial charge in [0.2, 0.25) is 5.91 Å². The van der Waals surface area contributed by atoms with Gasteiger partial charge in [-0.1, -0.05) is 22.9 Å². The molecule has 0 saturated heterocycles. The van der Waals surface area contributed by atoms with E-state index in [9.17, 15) is 4.79 Å². The fraction of sp³-hybridized carbons (Fsp3) is 0.455. The van der Waals surface area contributed by atoms with Crippen LogP contribution in [-0.2, 0) is 4.79 Å². The summed E-state index contributed by atoms with van der Waals surface area (Å²) in [4.78, 5) is 15.8. The molecule has 3 nitrogen and oxygen atoms in total. The summed E-state index contributed by atoms with van der Waals surface area (Å²) < 4.78 is 0.926. The number of hydrogen-bond acceptors (Lipinski definition) is 2. The minimum atomic E-state index is 0.0960. The lowest BCUT2D eigenvalue weighted by molar-refractivity contribution is -0.123. The first-order chi connectivity index (χ1) is 7.15. The van der Waals surface area contributed by atoms with E-state index >= 15 is 0 Å². The molecule has 80 valence electrons. The SMILES string of the molecule is CC1CC(C(=O)Nc2cc(Br)ccn2)C1. The van der Waals surface area contributed by atoms with Crippen molar-refractivity contribution in [1.82, 2.24) is 4.98 Å². The van der Waals surface area contributed by atoms with Crippen LogP contribution in [0.25, 0.3) is 0 Å². The molecule has 1 aromatic rings. The minimum absolute atomic E-state index is 0.0960. The quantitative estimate of drug-likeness (QED) is 0.897. The molecule has 0 aliphatic heterocycles. The van der Waals surface area contributed by atoms with Gasteiger partial charge in [0.05, 0.1) is 0 Å². The third-order valence-corrected chi connectivity index (χ3v) is 3.21. The minimum Gasteiger partial charge on any atom is -0.310 e. The number of amides is 1. The largest absolute Gasteiger partial charge is 0.310 e. The third kappa shape index (κ3) is 2.56. The maximum absolute atomic E-state index is 11.7. The third-order valence-electron chi connectivity index (χ3n) is 2.72. The molecule has 0 bridgehead atoms. The maximum atomic E-state index is 11.7. The summed E-state index contributed by atoms with van der Waals surface area (Å²) in [6.45, 7) is 2.17. The van der Waals surface area contributed by atoms with E-state index in [2.05, 4.69) is 33.2 Å². The number of anilines is 1. The second kappa shape index (κ2) is 4.31. The molecule has 1 aliphatic carbocycles. The first kappa shape index (κ1) is 10.6. The summed E-state index contributed by atoms with van der Waals surface area (Å²) in [7, 11) is 0. The molecule has 1 aliphatic rings. The zero-order valence-electron chi connectivity index (χ0n) is 8.53. The van der Waals surface area contributed by atoms with E-state index in [1.54, 1.807) is 12.3 Å². The van der Waals surface area contributed by atoms with Gasteiger partial charge in [0, 0.05) is 16.6 Å². The fourth-order valence-corrected chi connectivity index (χ4v) is 2.15. The van der Waals surface area contributed by atoms with E-state index in [1.807, 2.05) is 6.07 Å². The van der Waals surface area contributed by atoms with E-state index in [0.29, 0.717) is 11.7 Å². The van der Waals surface area contributed by atoms with Gasteiger partial charge < -0.3 is 5.32 Å². The Bertz CT molecular complexity index is 375. The van der Waals surface area contributed by atoms with Gasteiger partial charge in [-0.2, -0.15) is 0 Å². The average Bonchev–Trinajstić information content (AvgIpc) is 2.13. The van der Waals surface area contributed by atoms with Crippen LogP contribution in [0.1, 0.15) is 19.8 Å². The number of carbonyl (C=O) groups is 1. The molecule has 4 heteroatoms. The summed E-state index contributed by atoms with van der Waals surface area (Å²) in [6, 6.07) is 3.64. The Morgan fingerprint density at radius 2 is 2.33 bits per heavy atom. The molecule has 0 radical (unpaired) electrons. The highest BCUT2D eigenvalue weighted by Crippen LogP contribution is 2.33. The number of nitrogens with zero attached hydrogens (tertiary/aromatic N) is 1. The fourth-order valence-electron chi connectivity index (χ4n) is 1.82. The van der Waals surface area contributed by atoms with Gasteiger partial charge in [-0.25, -0.2) is 4.98 Å². The van der Waals surface area contributed by atoms with Crippen molar-refractivity contribution in [2.45, 2.75) is 19.8 Å². The molecular formula is C11H13BrN2O. The monoisotopic (exact) mass is 268 g/mol. The second-order valence-corrected chi connectivity index (χ2v) is 5.04. The molecule has 0 aromatic carbocycles. The van der Waals surface area contributed by atoms with Crippen LogP contribution in [0.3, 0.4) is 0 Å². The smallest absolute Gasteiger partial charge is 0.228 e. The number of nitrogens with one attached hydrogen (secondary N) is 1. The molecule has 0 spiro atoms. The van der Waals surface area contributed by atoms with Crippen LogP contribution in [0, 0.1) is 11.8 Å². The van der Waals surface area contributed by atoms with Crippen molar-refractivity contribution < 1.29 is 4.79 Å². The van der Waals surface area contributed by atoms with Crippen molar-refractivity contribution in [3.05, 3.63) is 22.8 Å². The number of pyridine rings is 1. The lowest BCUT2D eigenvalue weighted by Gasteiger charge is -2.31. The molecule has 1 heterocycles. The molecule has 0 atom stereocenters. The van der Waals surface area contributed by atoms with Crippen LogP contribution >= 0.6 is 15.9 Å². The van der Waals surface area contributed by atoms with Crippen LogP contribution in [-0.4, -0.2) is 10.9 Å². The lowest BCUT2D eigenvalue weighted by atomic mass is 9.76. The maximum Gasteiger partial charge on any atom is 0.228 e. The van der Waals surface area contributed by atoms with E-state index in [1.165, 1.54) is 0 Å². The highest BCUT2D eigenvalue weighted by atomic mass is 79.9. The molecule has 15 heavy (non-hydrogen) atoms. The molecule has 1 fully saturated rings. The van der Waals surface area contributed by atoms with Crippen molar-refractivity contribution in [2.75, 3.05) is 5.32 Å². The van der Waals surface area contributed by atoms with Gasteiger partial charge in [-0.15, -0.1) is 0 Å². The topological polar surface area (TPSA) is 42.0 Å². The predicted octanol–water partition coefficient (Wildman–Crippen LogP) is 2.83. The Labute approximate surface area is 97.4 Å².